The number of aromatic hydroxyl groups is 2. The molecule has 0 radical (unpaired) electrons. The van der Waals surface area contributed by atoms with Gasteiger partial charge < -0.3 is 30.0 Å². The van der Waals surface area contributed by atoms with Gasteiger partial charge in [0, 0.05) is 34.9 Å². The van der Waals surface area contributed by atoms with Gasteiger partial charge in [-0.25, -0.2) is 4.98 Å². The van der Waals surface area contributed by atoms with Gasteiger partial charge in [-0.05, 0) is 78.4 Å². The van der Waals surface area contributed by atoms with Gasteiger partial charge in [-0.3, -0.25) is 4.79 Å². The Bertz CT molecular complexity index is 1600. The highest BCUT2D eigenvalue weighted by atomic mass is 16.5. The first-order valence-corrected chi connectivity index (χ1v) is 12.2. The number of hydrogen-bond acceptors (Lipinski definition) is 6. The summed E-state index contributed by atoms with van der Waals surface area (Å²) < 4.78 is 12.7. The van der Waals surface area contributed by atoms with Crippen molar-refractivity contribution in [2.24, 2.45) is 5.73 Å². The summed E-state index contributed by atoms with van der Waals surface area (Å²) in [5.41, 5.74) is 10.6. The van der Waals surface area contributed by atoms with E-state index in [-0.39, 0.29) is 11.5 Å². The number of nitrogens with two attached hydrogens (primary N) is 1. The van der Waals surface area contributed by atoms with E-state index in [1.807, 2.05) is 65.2 Å². The molecule has 0 aliphatic heterocycles. The number of primary amides is 1. The lowest BCUT2D eigenvalue weighted by Crippen LogP contribution is -2.11. The number of benzene rings is 4. The third-order valence-electron chi connectivity index (χ3n) is 6.43. The highest BCUT2D eigenvalue weighted by Gasteiger charge is 2.22. The minimum Gasteiger partial charge on any atom is -0.508 e. The van der Waals surface area contributed by atoms with Crippen molar-refractivity contribution in [1.29, 1.82) is 0 Å². The number of hydrogen-bond donors (Lipinski definition) is 3. The molecule has 0 saturated heterocycles. The molecule has 8 heteroatoms. The van der Waals surface area contributed by atoms with Crippen molar-refractivity contribution in [1.82, 2.24) is 9.55 Å². The maximum absolute atomic E-state index is 11.6. The summed E-state index contributed by atoms with van der Waals surface area (Å²) in [5.74, 6) is 1.31. The number of methoxy groups -OCH3 is 2. The van der Waals surface area contributed by atoms with E-state index in [0.717, 1.165) is 33.9 Å². The third-order valence-corrected chi connectivity index (χ3v) is 6.43. The van der Waals surface area contributed by atoms with Gasteiger partial charge in [0.15, 0.2) is 0 Å². The van der Waals surface area contributed by atoms with Crippen molar-refractivity contribution in [3.05, 3.63) is 102 Å². The van der Waals surface area contributed by atoms with Crippen molar-refractivity contribution in [3.8, 4) is 56.9 Å². The van der Waals surface area contributed by atoms with Gasteiger partial charge in [0.05, 0.1) is 25.6 Å². The smallest absolute Gasteiger partial charge is 0.248 e. The average Bonchev–Trinajstić information content (AvgIpc) is 3.32. The van der Waals surface area contributed by atoms with Crippen molar-refractivity contribution < 1.29 is 24.5 Å². The van der Waals surface area contributed by atoms with Crippen LogP contribution in [-0.4, -0.2) is 39.9 Å². The second-order valence-corrected chi connectivity index (χ2v) is 8.98. The fraction of sp³-hybridized carbons (Fsp3) is 0.0968. The molecule has 0 unspecified atom stereocenters. The van der Waals surface area contributed by atoms with Crippen LogP contribution >= 0.6 is 0 Å². The molecule has 1 amide bonds. The average molecular weight is 522 g/mol. The Morgan fingerprint density at radius 1 is 0.769 bits per heavy atom. The number of ether oxygens (including phenoxy) is 2. The van der Waals surface area contributed by atoms with E-state index in [2.05, 4.69) is 0 Å². The molecule has 4 aromatic carbocycles. The SMILES string of the molecule is COc1ccc(-c2nc(-c3cc(O)cc(O)c3)n(Cc3ccc(C(N)=O)cc3)c2-c2ccc(OC)cc2)cc1. The van der Waals surface area contributed by atoms with Gasteiger partial charge in [0.1, 0.15) is 28.8 Å². The number of phenolic OH excluding ortho intramolecular Hbond substituents is 2. The molecule has 0 aliphatic carbocycles. The van der Waals surface area contributed by atoms with Crippen LogP contribution in [0.15, 0.2) is 91.0 Å². The monoisotopic (exact) mass is 521 g/mol. The Kier molecular flexibility index (Phi) is 6.93. The van der Waals surface area contributed by atoms with Crippen LogP contribution in [0, 0.1) is 0 Å². The van der Waals surface area contributed by atoms with Crippen molar-refractivity contribution in [2.75, 3.05) is 14.2 Å². The largest absolute Gasteiger partial charge is 0.508 e. The molecule has 5 rings (SSSR count). The fourth-order valence-corrected chi connectivity index (χ4v) is 4.50. The van der Waals surface area contributed by atoms with E-state index in [1.54, 1.807) is 38.5 Å². The highest BCUT2D eigenvalue weighted by Crippen LogP contribution is 2.39. The molecule has 1 aromatic heterocycles. The molecule has 196 valence electrons. The van der Waals surface area contributed by atoms with Crippen molar-refractivity contribution in [3.63, 3.8) is 0 Å². The molecule has 0 bridgehead atoms. The van der Waals surface area contributed by atoms with E-state index < -0.39 is 5.91 Å². The quantitative estimate of drug-likeness (QED) is 0.249. The Hall–Kier alpha value is -5.24. The van der Waals surface area contributed by atoms with Gasteiger partial charge in [0.2, 0.25) is 5.91 Å². The number of carbonyl (C=O) groups is 1. The number of aromatic nitrogens is 2. The summed E-state index contributed by atoms with van der Waals surface area (Å²) in [6.45, 7) is 0.384. The van der Waals surface area contributed by atoms with Gasteiger partial charge in [-0.2, -0.15) is 0 Å². The maximum atomic E-state index is 11.6. The van der Waals surface area contributed by atoms with Crippen molar-refractivity contribution >= 4 is 5.91 Å². The van der Waals surface area contributed by atoms with Gasteiger partial charge in [0.25, 0.3) is 0 Å². The number of nitrogens with zero attached hydrogens (tertiary/aromatic N) is 2. The summed E-state index contributed by atoms with van der Waals surface area (Å²) in [4.78, 5) is 16.7. The maximum Gasteiger partial charge on any atom is 0.248 e. The van der Waals surface area contributed by atoms with Crippen LogP contribution in [-0.2, 0) is 6.54 Å². The lowest BCUT2D eigenvalue weighted by atomic mass is 10.0. The molecule has 0 spiro atoms. The van der Waals surface area contributed by atoms with E-state index in [9.17, 15) is 15.0 Å². The Morgan fingerprint density at radius 3 is 1.82 bits per heavy atom. The molecule has 0 atom stereocenters. The normalized spacial score (nSPS) is 10.8. The minimum absolute atomic E-state index is 0.0812. The van der Waals surface area contributed by atoms with Gasteiger partial charge in [-0.15, -0.1) is 0 Å². The minimum atomic E-state index is -0.499. The molecule has 5 aromatic rings. The van der Waals surface area contributed by atoms with Crippen LogP contribution in [0.25, 0.3) is 33.9 Å². The predicted molar refractivity (Wildman–Crippen MR) is 149 cm³/mol. The first-order valence-electron chi connectivity index (χ1n) is 12.2. The van der Waals surface area contributed by atoms with Crippen LogP contribution in [0.4, 0.5) is 0 Å². The van der Waals surface area contributed by atoms with E-state index in [4.69, 9.17) is 20.2 Å². The molecule has 1 heterocycles. The zero-order valence-electron chi connectivity index (χ0n) is 21.5. The molecule has 8 nitrogen and oxygen atoms in total. The molecule has 4 N–H and O–H groups in total. The number of rotatable bonds is 8. The first kappa shape index (κ1) is 25.4. The first-order chi connectivity index (χ1) is 18.9. The molecule has 0 aliphatic rings. The van der Waals surface area contributed by atoms with E-state index in [0.29, 0.717) is 29.2 Å². The van der Waals surface area contributed by atoms with Gasteiger partial charge in [-0.1, -0.05) is 12.1 Å². The van der Waals surface area contributed by atoms with Crippen LogP contribution in [0.2, 0.25) is 0 Å². The highest BCUT2D eigenvalue weighted by molar-refractivity contribution is 5.92. The van der Waals surface area contributed by atoms with Crippen molar-refractivity contribution in [2.45, 2.75) is 6.54 Å². The summed E-state index contributed by atoms with van der Waals surface area (Å²) in [6, 6.07) is 26.7. The Labute approximate surface area is 225 Å². The zero-order chi connectivity index (χ0) is 27.5. The second-order valence-electron chi connectivity index (χ2n) is 8.98. The summed E-state index contributed by atoms with van der Waals surface area (Å²) >= 11 is 0. The lowest BCUT2D eigenvalue weighted by molar-refractivity contribution is 0.1000. The van der Waals surface area contributed by atoms with E-state index >= 15 is 0 Å². The number of imidazole rings is 1. The fourth-order valence-electron chi connectivity index (χ4n) is 4.50. The standard InChI is InChI=1S/C31H27N3O5/c1-38-26-11-7-20(8-12-26)28-29(21-9-13-27(39-2)14-10-21)34(18-19-3-5-22(6-4-19)30(32)37)31(33-28)23-15-24(35)17-25(36)16-23/h3-17,35-36H,18H2,1-2H3,(H2,32,37). The molecular formula is C31H27N3O5. The number of carbonyl (C=O) groups excluding carboxylic acids is 1. The second kappa shape index (κ2) is 10.6. The molecule has 0 fully saturated rings. The molecule has 0 saturated carbocycles. The van der Waals surface area contributed by atoms with E-state index in [1.165, 1.54) is 6.07 Å². The van der Waals surface area contributed by atoms with Gasteiger partial charge >= 0.3 is 0 Å². The van der Waals surface area contributed by atoms with Crippen LogP contribution in [0.3, 0.4) is 0 Å². The lowest BCUT2D eigenvalue weighted by Gasteiger charge is -2.15. The summed E-state index contributed by atoms with van der Waals surface area (Å²) in [6.07, 6.45) is 0. The zero-order valence-corrected chi connectivity index (χ0v) is 21.5. The summed E-state index contributed by atoms with van der Waals surface area (Å²) in [7, 11) is 3.23. The predicted octanol–water partition coefficient (Wildman–Crippen LogP) is 5.46. The van der Waals surface area contributed by atoms with Crippen LogP contribution in [0.1, 0.15) is 15.9 Å². The van der Waals surface area contributed by atoms with Crippen LogP contribution in [0.5, 0.6) is 23.0 Å². The third kappa shape index (κ3) is 5.26. The molecule has 39 heavy (non-hydrogen) atoms. The molecular weight excluding hydrogens is 494 g/mol. The Balaban J connectivity index is 1.77. The number of amides is 1. The number of phenols is 2. The Morgan fingerprint density at radius 2 is 1.31 bits per heavy atom. The summed E-state index contributed by atoms with van der Waals surface area (Å²) in [5, 5.41) is 20.6. The van der Waals surface area contributed by atoms with Crippen LogP contribution < -0.4 is 15.2 Å². The topological polar surface area (TPSA) is 120 Å².